The summed E-state index contributed by atoms with van der Waals surface area (Å²) in [4.78, 5) is 25.8. The second-order valence-corrected chi connectivity index (χ2v) is 5.23. The van der Waals surface area contributed by atoms with Gasteiger partial charge in [-0.3, -0.25) is 9.59 Å². The Morgan fingerprint density at radius 2 is 2.14 bits per heavy atom. The topological polar surface area (TPSA) is 78.9 Å². The molecule has 0 aromatic heterocycles. The van der Waals surface area contributed by atoms with Crippen LogP contribution in [-0.4, -0.2) is 47.1 Å². The third-order valence-corrected chi connectivity index (χ3v) is 3.56. The third kappa shape index (κ3) is 3.16. The second-order valence-electron chi connectivity index (χ2n) is 5.23. The number of hydrogen-bond acceptors (Lipinski definition) is 4. The molecule has 21 heavy (non-hydrogen) atoms. The van der Waals surface area contributed by atoms with Gasteiger partial charge in [0.2, 0.25) is 11.8 Å². The number of nitrogens with zero attached hydrogens (tertiary/aromatic N) is 1. The quantitative estimate of drug-likeness (QED) is 0.836. The van der Waals surface area contributed by atoms with Gasteiger partial charge in [0.1, 0.15) is 17.8 Å². The maximum Gasteiger partial charge on any atom is 0.246 e. The van der Waals surface area contributed by atoms with Gasteiger partial charge in [0.25, 0.3) is 0 Å². The molecule has 0 saturated carbocycles. The van der Waals surface area contributed by atoms with E-state index >= 15 is 0 Å². The van der Waals surface area contributed by atoms with Crippen molar-refractivity contribution in [2.24, 2.45) is 0 Å². The maximum absolute atomic E-state index is 12.3. The van der Waals surface area contributed by atoms with Crippen LogP contribution in [-0.2, 0) is 16.1 Å². The molecule has 1 aliphatic rings. The Morgan fingerprint density at radius 3 is 2.76 bits per heavy atom. The van der Waals surface area contributed by atoms with Crippen molar-refractivity contribution < 1.29 is 19.4 Å². The molecule has 1 aromatic rings. The number of methoxy groups -OCH3 is 1. The predicted molar refractivity (Wildman–Crippen MR) is 76.6 cm³/mol. The Hall–Kier alpha value is -2.08. The average molecular weight is 292 g/mol. The monoisotopic (exact) mass is 292 g/mol. The van der Waals surface area contributed by atoms with Crippen LogP contribution in [0.15, 0.2) is 24.3 Å². The van der Waals surface area contributed by atoms with Gasteiger partial charge in [-0.05, 0) is 31.5 Å². The lowest BCUT2D eigenvalue weighted by Crippen LogP contribution is -2.65. The van der Waals surface area contributed by atoms with E-state index in [9.17, 15) is 14.7 Å². The molecule has 0 radical (unpaired) electrons. The summed E-state index contributed by atoms with van der Waals surface area (Å²) in [7, 11) is 1.57. The van der Waals surface area contributed by atoms with Gasteiger partial charge in [-0.15, -0.1) is 0 Å². The fraction of sp³-hybridized carbons (Fsp3) is 0.467. The zero-order valence-corrected chi connectivity index (χ0v) is 12.4. The van der Waals surface area contributed by atoms with Crippen molar-refractivity contribution in [1.82, 2.24) is 10.2 Å². The Kier molecular flexibility index (Phi) is 4.47. The number of hydrogen-bond donors (Lipinski definition) is 2. The summed E-state index contributed by atoms with van der Waals surface area (Å²) in [5.41, 5.74) is 0.843. The van der Waals surface area contributed by atoms with Gasteiger partial charge in [-0.2, -0.15) is 0 Å². The number of nitrogens with one attached hydrogen (secondary N) is 1. The van der Waals surface area contributed by atoms with Crippen LogP contribution in [0, 0.1) is 0 Å². The van der Waals surface area contributed by atoms with Crippen LogP contribution in [0.3, 0.4) is 0 Å². The minimum Gasteiger partial charge on any atom is -0.497 e. The Balaban J connectivity index is 2.28. The smallest absolute Gasteiger partial charge is 0.246 e. The molecule has 2 amide bonds. The van der Waals surface area contributed by atoms with Crippen molar-refractivity contribution in [3.63, 3.8) is 0 Å². The molecule has 0 spiro atoms. The average Bonchev–Trinajstić information content (AvgIpc) is 2.44. The van der Waals surface area contributed by atoms with Crippen LogP contribution >= 0.6 is 0 Å². The highest BCUT2D eigenvalue weighted by Gasteiger charge is 2.40. The molecule has 2 rings (SSSR count). The van der Waals surface area contributed by atoms with Gasteiger partial charge in [-0.1, -0.05) is 12.1 Å². The number of carbonyl (C=O) groups excluding carboxylic acids is 2. The summed E-state index contributed by atoms with van der Waals surface area (Å²) >= 11 is 0. The summed E-state index contributed by atoms with van der Waals surface area (Å²) in [6.07, 6.45) is -0.938. The molecule has 114 valence electrons. The zero-order chi connectivity index (χ0) is 15.6. The van der Waals surface area contributed by atoms with Crippen molar-refractivity contribution >= 4 is 11.8 Å². The lowest BCUT2D eigenvalue weighted by molar-refractivity contribution is -0.153. The maximum atomic E-state index is 12.3. The van der Waals surface area contributed by atoms with Crippen molar-refractivity contribution in [2.75, 3.05) is 7.11 Å². The molecule has 3 atom stereocenters. The fourth-order valence-electron chi connectivity index (χ4n) is 2.51. The summed E-state index contributed by atoms with van der Waals surface area (Å²) in [5.74, 6) is 0.145. The number of aliphatic hydroxyl groups is 1. The molecular formula is C15H20N2O4. The minimum atomic E-state index is -0.938. The lowest BCUT2D eigenvalue weighted by atomic mass is 10.0. The van der Waals surface area contributed by atoms with E-state index in [0.29, 0.717) is 5.75 Å². The van der Waals surface area contributed by atoms with E-state index in [4.69, 9.17) is 4.74 Å². The Labute approximate surface area is 123 Å². The van der Waals surface area contributed by atoms with E-state index in [1.54, 1.807) is 14.0 Å². The van der Waals surface area contributed by atoms with Crippen molar-refractivity contribution in [2.45, 2.75) is 38.6 Å². The highest BCUT2D eigenvalue weighted by Crippen LogP contribution is 2.20. The number of carbonyl (C=O) groups is 2. The van der Waals surface area contributed by atoms with Crippen LogP contribution in [0.25, 0.3) is 0 Å². The lowest BCUT2D eigenvalue weighted by Gasteiger charge is -2.39. The first-order valence-electron chi connectivity index (χ1n) is 6.86. The highest BCUT2D eigenvalue weighted by molar-refractivity contribution is 5.97. The molecule has 0 aliphatic carbocycles. The number of piperazine rings is 1. The van der Waals surface area contributed by atoms with Gasteiger partial charge in [0.05, 0.1) is 13.2 Å². The molecule has 1 fully saturated rings. The van der Waals surface area contributed by atoms with E-state index in [1.165, 1.54) is 11.8 Å². The molecule has 6 heteroatoms. The fourth-order valence-corrected chi connectivity index (χ4v) is 2.51. The normalized spacial score (nSPS) is 23.7. The first-order chi connectivity index (χ1) is 9.93. The zero-order valence-electron chi connectivity index (χ0n) is 12.4. The standard InChI is InChI=1S/C15H20N2O4/c1-9-15(20)17(13(10(2)18)14(19)16-9)8-11-5-4-6-12(7-11)21-3/h4-7,9-10,13,18H,8H2,1-3H3,(H,16,19). The summed E-state index contributed by atoms with van der Waals surface area (Å²) in [6, 6.07) is 5.83. The molecule has 3 unspecified atom stereocenters. The Morgan fingerprint density at radius 1 is 1.43 bits per heavy atom. The van der Waals surface area contributed by atoms with E-state index in [0.717, 1.165) is 5.56 Å². The molecular weight excluding hydrogens is 272 g/mol. The van der Waals surface area contributed by atoms with Gasteiger partial charge in [-0.25, -0.2) is 0 Å². The number of ether oxygens (including phenoxy) is 1. The summed E-state index contributed by atoms with van der Waals surface area (Å²) in [5, 5.41) is 12.4. The number of aliphatic hydroxyl groups excluding tert-OH is 1. The number of amides is 2. The summed E-state index contributed by atoms with van der Waals surface area (Å²) < 4.78 is 5.16. The van der Waals surface area contributed by atoms with Gasteiger partial charge in [0, 0.05) is 6.54 Å². The van der Waals surface area contributed by atoms with Gasteiger partial charge >= 0.3 is 0 Å². The SMILES string of the molecule is COc1cccc(CN2C(=O)C(C)NC(=O)C2C(C)O)c1. The largest absolute Gasteiger partial charge is 0.497 e. The van der Waals surface area contributed by atoms with Crippen LogP contribution in [0.5, 0.6) is 5.75 Å². The van der Waals surface area contributed by atoms with Crippen LogP contribution < -0.4 is 10.1 Å². The number of rotatable bonds is 4. The van der Waals surface area contributed by atoms with Gasteiger partial charge < -0.3 is 20.1 Å². The van der Waals surface area contributed by atoms with Gasteiger partial charge in [0.15, 0.2) is 0 Å². The minimum absolute atomic E-state index is 0.205. The molecule has 1 saturated heterocycles. The molecule has 0 bridgehead atoms. The third-order valence-electron chi connectivity index (χ3n) is 3.56. The second kappa shape index (κ2) is 6.13. The first-order valence-corrected chi connectivity index (χ1v) is 6.86. The Bertz CT molecular complexity index is 544. The van der Waals surface area contributed by atoms with Crippen LogP contribution in [0.1, 0.15) is 19.4 Å². The molecule has 1 aliphatic heterocycles. The number of benzene rings is 1. The van der Waals surface area contributed by atoms with Crippen molar-refractivity contribution in [3.05, 3.63) is 29.8 Å². The first kappa shape index (κ1) is 15.3. The van der Waals surface area contributed by atoms with E-state index in [2.05, 4.69) is 5.32 Å². The summed E-state index contributed by atoms with van der Waals surface area (Å²) in [6.45, 7) is 3.40. The van der Waals surface area contributed by atoms with Crippen LogP contribution in [0.2, 0.25) is 0 Å². The molecule has 1 heterocycles. The van der Waals surface area contributed by atoms with E-state index < -0.39 is 18.2 Å². The van der Waals surface area contributed by atoms with Crippen molar-refractivity contribution in [3.8, 4) is 5.75 Å². The predicted octanol–water partition coefficient (Wildman–Crippen LogP) is 0.291. The van der Waals surface area contributed by atoms with Crippen LogP contribution in [0.4, 0.5) is 0 Å². The van der Waals surface area contributed by atoms with Crippen molar-refractivity contribution in [1.29, 1.82) is 0 Å². The molecule has 6 nitrogen and oxygen atoms in total. The molecule has 2 N–H and O–H groups in total. The highest BCUT2D eigenvalue weighted by atomic mass is 16.5. The van der Waals surface area contributed by atoms with E-state index in [-0.39, 0.29) is 18.4 Å². The molecule has 1 aromatic carbocycles. The van der Waals surface area contributed by atoms with E-state index in [1.807, 2.05) is 24.3 Å².